The van der Waals surface area contributed by atoms with Crippen molar-refractivity contribution < 1.29 is 14.0 Å². The average Bonchev–Trinajstić information content (AvgIpc) is 3.38. The second kappa shape index (κ2) is 10.7. The second-order valence-electron chi connectivity index (χ2n) is 8.23. The third-order valence-corrected chi connectivity index (χ3v) is 5.82. The molecule has 6 nitrogen and oxygen atoms in total. The third kappa shape index (κ3) is 5.92. The maximum absolute atomic E-state index is 13.1. The van der Waals surface area contributed by atoms with Gasteiger partial charge < -0.3 is 20.0 Å². The lowest BCUT2D eigenvalue weighted by Gasteiger charge is -2.29. The van der Waals surface area contributed by atoms with Crippen LogP contribution in [0, 0.1) is 0 Å². The highest BCUT2D eigenvalue weighted by Crippen LogP contribution is 2.22. The van der Waals surface area contributed by atoms with E-state index >= 15 is 0 Å². The maximum atomic E-state index is 13.1. The molecular weight excluding hydrogens is 414 g/mol. The fourth-order valence-electron chi connectivity index (χ4n) is 3.94. The number of amides is 2. The summed E-state index contributed by atoms with van der Waals surface area (Å²) in [6.45, 7) is 4.11. The van der Waals surface area contributed by atoms with Gasteiger partial charge in [0.15, 0.2) is 0 Å². The Morgan fingerprint density at radius 1 is 0.939 bits per heavy atom. The SMILES string of the molecule is CC(NC(=O)/C(=C/c1ccco1)NC(=O)c1ccccc1)c1ccc(N2CCCCC2)cc1. The summed E-state index contributed by atoms with van der Waals surface area (Å²) in [6, 6.07) is 20.3. The number of nitrogens with zero attached hydrogens (tertiary/aromatic N) is 1. The van der Waals surface area contributed by atoms with E-state index in [4.69, 9.17) is 4.42 Å². The molecule has 6 heteroatoms. The van der Waals surface area contributed by atoms with Gasteiger partial charge in [0, 0.05) is 30.4 Å². The van der Waals surface area contributed by atoms with Gasteiger partial charge in [-0.3, -0.25) is 9.59 Å². The smallest absolute Gasteiger partial charge is 0.268 e. The van der Waals surface area contributed by atoms with Crippen LogP contribution in [0.5, 0.6) is 0 Å². The number of furan rings is 1. The molecule has 1 aromatic heterocycles. The van der Waals surface area contributed by atoms with Crippen LogP contribution >= 0.6 is 0 Å². The number of piperidine rings is 1. The minimum atomic E-state index is -0.386. The first kappa shape index (κ1) is 22.4. The Balaban J connectivity index is 1.46. The summed E-state index contributed by atoms with van der Waals surface area (Å²) in [5, 5.41) is 5.71. The fourth-order valence-corrected chi connectivity index (χ4v) is 3.94. The minimum Gasteiger partial charge on any atom is -0.465 e. The average molecular weight is 444 g/mol. The normalized spacial score (nSPS) is 15.1. The van der Waals surface area contributed by atoms with Crippen molar-refractivity contribution in [3.05, 3.63) is 95.6 Å². The van der Waals surface area contributed by atoms with Gasteiger partial charge in [-0.15, -0.1) is 0 Å². The molecule has 2 N–H and O–H groups in total. The first-order valence-electron chi connectivity index (χ1n) is 11.4. The molecule has 0 spiro atoms. The molecule has 0 radical (unpaired) electrons. The van der Waals surface area contributed by atoms with Gasteiger partial charge >= 0.3 is 0 Å². The molecular formula is C27H29N3O3. The molecule has 2 aromatic carbocycles. The van der Waals surface area contributed by atoms with E-state index in [1.165, 1.54) is 37.3 Å². The molecule has 0 bridgehead atoms. The van der Waals surface area contributed by atoms with Gasteiger partial charge in [-0.05, 0) is 68.1 Å². The highest BCUT2D eigenvalue weighted by molar-refractivity contribution is 6.05. The summed E-state index contributed by atoms with van der Waals surface area (Å²) < 4.78 is 5.35. The molecule has 2 amide bonds. The van der Waals surface area contributed by atoms with Crippen molar-refractivity contribution in [3.8, 4) is 0 Å². The molecule has 33 heavy (non-hydrogen) atoms. The van der Waals surface area contributed by atoms with Crippen molar-refractivity contribution in [3.63, 3.8) is 0 Å². The quantitative estimate of drug-likeness (QED) is 0.509. The van der Waals surface area contributed by atoms with E-state index in [0.29, 0.717) is 11.3 Å². The van der Waals surface area contributed by atoms with Crippen LogP contribution in [0.15, 0.2) is 83.1 Å². The molecule has 1 aliphatic heterocycles. The van der Waals surface area contributed by atoms with Crippen molar-refractivity contribution in [1.82, 2.24) is 10.6 Å². The van der Waals surface area contributed by atoms with Crippen molar-refractivity contribution in [2.75, 3.05) is 18.0 Å². The van der Waals surface area contributed by atoms with E-state index in [2.05, 4.69) is 27.7 Å². The summed E-state index contributed by atoms with van der Waals surface area (Å²) in [7, 11) is 0. The van der Waals surface area contributed by atoms with Crippen LogP contribution < -0.4 is 15.5 Å². The lowest BCUT2D eigenvalue weighted by Crippen LogP contribution is -2.36. The van der Waals surface area contributed by atoms with E-state index in [1.807, 2.05) is 25.1 Å². The Morgan fingerprint density at radius 3 is 2.33 bits per heavy atom. The monoisotopic (exact) mass is 443 g/mol. The lowest BCUT2D eigenvalue weighted by atomic mass is 10.1. The van der Waals surface area contributed by atoms with Gasteiger partial charge in [0.1, 0.15) is 11.5 Å². The van der Waals surface area contributed by atoms with E-state index < -0.39 is 0 Å². The Labute approximate surface area is 194 Å². The van der Waals surface area contributed by atoms with Gasteiger partial charge in [-0.1, -0.05) is 30.3 Å². The topological polar surface area (TPSA) is 74.6 Å². The maximum Gasteiger partial charge on any atom is 0.268 e. The van der Waals surface area contributed by atoms with Crippen LogP contribution in [0.2, 0.25) is 0 Å². The predicted octanol–water partition coefficient (Wildman–Crippen LogP) is 4.92. The van der Waals surface area contributed by atoms with Crippen LogP contribution in [0.4, 0.5) is 5.69 Å². The standard InChI is InChI=1S/C27H29N3O3/c1-20(21-12-14-23(15-13-21)30-16-6-3-7-17-30)28-27(32)25(19-24-11-8-18-33-24)29-26(31)22-9-4-2-5-10-22/h2,4-5,8-15,18-20H,3,6-7,16-17H2,1H3,(H,28,32)(H,29,31)/b25-19-. The second-order valence-corrected chi connectivity index (χ2v) is 8.23. The Hall–Kier alpha value is -3.80. The van der Waals surface area contributed by atoms with E-state index in [-0.39, 0.29) is 23.6 Å². The van der Waals surface area contributed by atoms with Crippen LogP contribution in [0.1, 0.15) is 53.9 Å². The number of hydrogen-bond donors (Lipinski definition) is 2. The zero-order chi connectivity index (χ0) is 23.0. The highest BCUT2D eigenvalue weighted by atomic mass is 16.3. The summed E-state index contributed by atoms with van der Waals surface area (Å²) in [4.78, 5) is 28.2. The van der Waals surface area contributed by atoms with Gasteiger partial charge in [0.2, 0.25) is 0 Å². The highest BCUT2D eigenvalue weighted by Gasteiger charge is 2.18. The van der Waals surface area contributed by atoms with Crippen LogP contribution in [-0.4, -0.2) is 24.9 Å². The van der Waals surface area contributed by atoms with E-state index in [1.54, 1.807) is 36.4 Å². The van der Waals surface area contributed by atoms with Crippen LogP contribution in [0.25, 0.3) is 6.08 Å². The molecule has 4 rings (SSSR count). The molecule has 1 fully saturated rings. The Morgan fingerprint density at radius 2 is 1.67 bits per heavy atom. The number of benzene rings is 2. The van der Waals surface area contributed by atoms with Crippen molar-refractivity contribution in [2.45, 2.75) is 32.2 Å². The molecule has 3 aromatic rings. The summed E-state index contributed by atoms with van der Waals surface area (Å²) in [5.41, 5.74) is 2.80. The zero-order valence-corrected chi connectivity index (χ0v) is 18.8. The van der Waals surface area contributed by atoms with E-state index in [0.717, 1.165) is 18.7 Å². The molecule has 170 valence electrons. The van der Waals surface area contributed by atoms with E-state index in [9.17, 15) is 9.59 Å². The molecule has 0 aliphatic carbocycles. The van der Waals surface area contributed by atoms with Crippen molar-refractivity contribution in [2.24, 2.45) is 0 Å². The summed E-state index contributed by atoms with van der Waals surface area (Å²) >= 11 is 0. The zero-order valence-electron chi connectivity index (χ0n) is 18.8. The molecule has 1 saturated heterocycles. The van der Waals surface area contributed by atoms with Crippen molar-refractivity contribution in [1.29, 1.82) is 0 Å². The summed E-state index contributed by atoms with van der Waals surface area (Å²) in [5.74, 6) is -0.266. The third-order valence-electron chi connectivity index (χ3n) is 5.82. The van der Waals surface area contributed by atoms with Crippen LogP contribution in [0.3, 0.4) is 0 Å². The number of anilines is 1. The minimum absolute atomic E-state index is 0.121. The first-order chi connectivity index (χ1) is 16.1. The first-order valence-corrected chi connectivity index (χ1v) is 11.4. The summed E-state index contributed by atoms with van der Waals surface area (Å²) in [6.07, 6.45) is 6.81. The van der Waals surface area contributed by atoms with Gasteiger partial charge in [-0.2, -0.15) is 0 Å². The number of nitrogens with one attached hydrogen (secondary N) is 2. The predicted molar refractivity (Wildman–Crippen MR) is 130 cm³/mol. The number of hydrogen-bond acceptors (Lipinski definition) is 4. The lowest BCUT2D eigenvalue weighted by molar-refractivity contribution is -0.118. The number of carbonyl (C=O) groups excluding carboxylic acids is 2. The molecule has 1 atom stereocenters. The number of rotatable bonds is 7. The van der Waals surface area contributed by atoms with Crippen LogP contribution in [-0.2, 0) is 4.79 Å². The number of carbonyl (C=O) groups is 2. The van der Waals surface area contributed by atoms with Crippen molar-refractivity contribution >= 4 is 23.6 Å². The molecule has 2 heterocycles. The molecule has 1 aliphatic rings. The van der Waals surface area contributed by atoms with Gasteiger partial charge in [0.05, 0.1) is 12.3 Å². The fraction of sp³-hybridized carbons (Fsp3) is 0.259. The van der Waals surface area contributed by atoms with Gasteiger partial charge in [0.25, 0.3) is 11.8 Å². The molecule has 1 unspecified atom stereocenters. The largest absolute Gasteiger partial charge is 0.465 e. The Kier molecular flexibility index (Phi) is 7.25. The van der Waals surface area contributed by atoms with Gasteiger partial charge in [-0.25, -0.2) is 0 Å². The molecule has 0 saturated carbocycles. The Bertz CT molecular complexity index is 1080.